The number of thiophene rings is 1. The van der Waals surface area contributed by atoms with Crippen LogP contribution < -0.4 is 10.1 Å². The van der Waals surface area contributed by atoms with E-state index in [1.807, 2.05) is 0 Å². The number of carbonyl (C=O) groups excluding carboxylic acids is 2. The minimum Gasteiger partial charge on any atom is -0.494 e. The minimum atomic E-state index is 0.0398. The highest BCUT2D eigenvalue weighted by atomic mass is 32.1. The van der Waals surface area contributed by atoms with Crippen molar-refractivity contribution in [3.05, 3.63) is 52.2 Å². The van der Waals surface area contributed by atoms with Crippen molar-refractivity contribution in [2.75, 3.05) is 26.2 Å². The van der Waals surface area contributed by atoms with Crippen molar-refractivity contribution < 1.29 is 14.3 Å². The molecule has 150 valence electrons. The number of benzene rings is 1. The van der Waals surface area contributed by atoms with E-state index in [1.54, 1.807) is 42.5 Å². The molecule has 2 heterocycles. The Labute approximate surface area is 170 Å². The largest absolute Gasteiger partial charge is 0.494 e. The smallest absolute Gasteiger partial charge is 0.220 e. The number of likely N-dealkylation sites (tertiary alicyclic amines) is 1. The number of hydrogen-bond acceptors (Lipinski definition) is 5. The Hall–Kier alpha value is -2.18. The van der Waals surface area contributed by atoms with Crippen LogP contribution in [0.5, 0.6) is 5.75 Å². The third-order valence-electron chi connectivity index (χ3n) is 5.02. The highest BCUT2D eigenvalue weighted by molar-refractivity contribution is 7.10. The maximum absolute atomic E-state index is 12.2. The lowest BCUT2D eigenvalue weighted by Gasteiger charge is -2.26. The van der Waals surface area contributed by atoms with Crippen LogP contribution in [0.25, 0.3) is 0 Å². The second-order valence-electron chi connectivity index (χ2n) is 7.11. The Balaban J connectivity index is 1.38. The summed E-state index contributed by atoms with van der Waals surface area (Å²) in [7, 11) is 0. The molecule has 1 N–H and O–H groups in total. The van der Waals surface area contributed by atoms with Gasteiger partial charge in [-0.1, -0.05) is 6.07 Å². The summed E-state index contributed by atoms with van der Waals surface area (Å²) in [5.41, 5.74) is 0.671. The van der Waals surface area contributed by atoms with Crippen LogP contribution >= 0.6 is 11.3 Å². The van der Waals surface area contributed by atoms with Gasteiger partial charge in [0.2, 0.25) is 5.91 Å². The molecule has 28 heavy (non-hydrogen) atoms. The zero-order valence-corrected chi connectivity index (χ0v) is 17.2. The highest BCUT2D eigenvalue weighted by Crippen LogP contribution is 2.27. The normalized spacial score (nSPS) is 15.3. The van der Waals surface area contributed by atoms with Crippen LogP contribution in [-0.2, 0) is 4.79 Å². The summed E-state index contributed by atoms with van der Waals surface area (Å²) in [5, 5.41) is 5.20. The molecule has 2 aromatic rings. The second-order valence-corrected chi connectivity index (χ2v) is 8.09. The average molecular weight is 401 g/mol. The maximum atomic E-state index is 12.2. The van der Waals surface area contributed by atoms with E-state index in [4.69, 9.17) is 4.74 Å². The first-order valence-corrected chi connectivity index (χ1v) is 10.8. The van der Waals surface area contributed by atoms with Crippen LogP contribution in [0.2, 0.25) is 0 Å². The first-order chi connectivity index (χ1) is 13.6. The van der Waals surface area contributed by atoms with Gasteiger partial charge in [-0.3, -0.25) is 14.5 Å². The molecule has 1 saturated heterocycles. The van der Waals surface area contributed by atoms with Gasteiger partial charge in [-0.25, -0.2) is 0 Å². The predicted octanol–water partition coefficient (Wildman–Crippen LogP) is 4.06. The van der Waals surface area contributed by atoms with E-state index in [9.17, 15) is 9.59 Å². The summed E-state index contributed by atoms with van der Waals surface area (Å²) in [4.78, 5) is 27.3. The monoisotopic (exact) mass is 400 g/mol. The maximum Gasteiger partial charge on any atom is 0.220 e. The lowest BCUT2D eigenvalue weighted by atomic mass is 10.1. The summed E-state index contributed by atoms with van der Waals surface area (Å²) >= 11 is 1.76. The van der Waals surface area contributed by atoms with Crippen LogP contribution in [-0.4, -0.2) is 42.8 Å². The molecule has 1 fully saturated rings. The number of amides is 1. The summed E-state index contributed by atoms with van der Waals surface area (Å²) in [6.07, 6.45) is 3.58. The fourth-order valence-electron chi connectivity index (χ4n) is 3.45. The van der Waals surface area contributed by atoms with Gasteiger partial charge in [-0.15, -0.1) is 11.3 Å². The molecule has 0 bridgehead atoms. The van der Waals surface area contributed by atoms with Crippen LogP contribution in [0.3, 0.4) is 0 Å². The van der Waals surface area contributed by atoms with Crippen LogP contribution in [0.15, 0.2) is 41.8 Å². The lowest BCUT2D eigenvalue weighted by Crippen LogP contribution is -2.36. The molecule has 3 rings (SSSR count). The van der Waals surface area contributed by atoms with Gasteiger partial charge in [0.05, 0.1) is 12.6 Å². The molecule has 0 radical (unpaired) electrons. The topological polar surface area (TPSA) is 58.6 Å². The van der Waals surface area contributed by atoms with Gasteiger partial charge in [-0.2, -0.15) is 0 Å². The van der Waals surface area contributed by atoms with E-state index < -0.39 is 0 Å². The molecule has 1 unspecified atom stereocenters. The van der Waals surface area contributed by atoms with E-state index in [0.29, 0.717) is 31.6 Å². The number of Topliss-reactive ketones (excluding diaryl/α,β-unsaturated/α-hetero) is 1. The third-order valence-corrected chi connectivity index (χ3v) is 6.00. The summed E-state index contributed by atoms with van der Waals surface area (Å²) in [6, 6.07) is 11.6. The molecule has 0 aliphatic carbocycles. The molecular formula is C22H28N2O3S. The van der Waals surface area contributed by atoms with Gasteiger partial charge in [0.25, 0.3) is 0 Å². The van der Waals surface area contributed by atoms with Gasteiger partial charge in [0.15, 0.2) is 5.78 Å². The fraction of sp³-hybridized carbons (Fsp3) is 0.455. The van der Waals surface area contributed by atoms with Gasteiger partial charge < -0.3 is 10.1 Å². The number of hydrogen-bond donors (Lipinski definition) is 1. The zero-order valence-electron chi connectivity index (χ0n) is 16.4. The molecule has 0 saturated carbocycles. The van der Waals surface area contributed by atoms with Crippen molar-refractivity contribution in [2.45, 2.75) is 38.6 Å². The van der Waals surface area contributed by atoms with E-state index >= 15 is 0 Å². The predicted molar refractivity (Wildman–Crippen MR) is 112 cm³/mol. The molecule has 5 nitrogen and oxygen atoms in total. The lowest BCUT2D eigenvalue weighted by molar-refractivity contribution is -0.121. The Kier molecular flexibility index (Phi) is 7.62. The number of ketones is 1. The fourth-order valence-corrected chi connectivity index (χ4v) is 4.31. The van der Waals surface area contributed by atoms with Crippen molar-refractivity contribution in [1.29, 1.82) is 0 Å². The zero-order chi connectivity index (χ0) is 19.8. The van der Waals surface area contributed by atoms with Crippen molar-refractivity contribution in [3.63, 3.8) is 0 Å². The minimum absolute atomic E-state index is 0.0398. The number of nitrogens with one attached hydrogen (secondary N) is 1. The van der Waals surface area contributed by atoms with Crippen LogP contribution in [0.1, 0.15) is 53.9 Å². The molecule has 1 amide bonds. The summed E-state index contributed by atoms with van der Waals surface area (Å²) in [5.74, 6) is 0.825. The molecule has 1 atom stereocenters. The summed E-state index contributed by atoms with van der Waals surface area (Å²) < 4.78 is 5.66. The van der Waals surface area contributed by atoms with Gasteiger partial charge in [-0.05, 0) is 75.0 Å². The SMILES string of the molecule is CC(=O)c1ccc(OCCCC(=O)NCC(c2cccs2)N2CCCC2)cc1. The van der Waals surface area contributed by atoms with Crippen LogP contribution in [0, 0.1) is 0 Å². The average Bonchev–Trinajstić information content (AvgIpc) is 3.40. The molecule has 6 heteroatoms. The first kappa shape index (κ1) is 20.6. The quantitative estimate of drug-likeness (QED) is 0.483. The van der Waals surface area contributed by atoms with Gasteiger partial charge in [0.1, 0.15) is 5.75 Å². The molecule has 0 spiro atoms. The number of nitrogens with zero attached hydrogens (tertiary/aromatic N) is 1. The standard InChI is InChI=1S/C22H28N2O3S/c1-17(25)18-8-10-19(11-9-18)27-14-4-7-22(26)23-16-20(21-6-5-15-28-21)24-12-2-3-13-24/h5-6,8-11,15,20H,2-4,7,12-14,16H2,1H3,(H,23,26). The summed E-state index contributed by atoms with van der Waals surface area (Å²) in [6.45, 7) is 4.89. The van der Waals surface area contributed by atoms with Gasteiger partial charge in [0, 0.05) is 23.4 Å². The number of ether oxygens (including phenoxy) is 1. The van der Waals surface area contributed by atoms with Gasteiger partial charge >= 0.3 is 0 Å². The van der Waals surface area contributed by atoms with E-state index in [1.165, 1.54) is 17.7 Å². The van der Waals surface area contributed by atoms with E-state index in [2.05, 4.69) is 27.7 Å². The van der Waals surface area contributed by atoms with E-state index in [-0.39, 0.29) is 17.7 Å². The Bertz CT molecular complexity index is 753. The molecular weight excluding hydrogens is 372 g/mol. The van der Waals surface area contributed by atoms with Crippen LogP contribution in [0.4, 0.5) is 0 Å². The van der Waals surface area contributed by atoms with Crippen molar-refractivity contribution in [2.24, 2.45) is 0 Å². The number of carbonyl (C=O) groups is 2. The third kappa shape index (κ3) is 5.91. The highest BCUT2D eigenvalue weighted by Gasteiger charge is 2.24. The van der Waals surface area contributed by atoms with Crippen molar-refractivity contribution in [1.82, 2.24) is 10.2 Å². The molecule has 1 aromatic heterocycles. The second kappa shape index (κ2) is 10.4. The number of rotatable bonds is 10. The molecule has 1 aromatic carbocycles. The Morgan fingerprint density at radius 2 is 1.93 bits per heavy atom. The first-order valence-electron chi connectivity index (χ1n) is 9.91. The molecule has 1 aliphatic heterocycles. The molecule has 1 aliphatic rings. The van der Waals surface area contributed by atoms with Crippen molar-refractivity contribution >= 4 is 23.0 Å². The Morgan fingerprint density at radius 1 is 1.18 bits per heavy atom. The van der Waals surface area contributed by atoms with E-state index in [0.717, 1.165) is 18.8 Å². The Morgan fingerprint density at radius 3 is 2.57 bits per heavy atom. The van der Waals surface area contributed by atoms with Crippen molar-refractivity contribution in [3.8, 4) is 5.75 Å².